The first-order valence-corrected chi connectivity index (χ1v) is 16.2. The van der Waals surface area contributed by atoms with Crippen LogP contribution >= 0.6 is 12.0 Å². The van der Waals surface area contributed by atoms with Crippen LogP contribution in [0.5, 0.6) is 5.88 Å². The fourth-order valence-corrected chi connectivity index (χ4v) is 5.66. The predicted molar refractivity (Wildman–Crippen MR) is 162 cm³/mol. The standard InChI is InChI=1S/C26H20N4O15S3/c1-13-7-9-15(47(38,39)40)12-18(13)29-23(31)16(21(27-29)25(33)34)5-3-2-4-6-17-22(26(35)36)28-30(24(17)32)19-11-14(46-45-44-37)8-10-20(19)48(41,42)43/h2-12,31,37H,1H3,(H,33,34)(H,35,36)(H,38,39,40)(H,41,42,43). The van der Waals surface area contributed by atoms with Crippen molar-refractivity contribution in [2.24, 2.45) is 5.10 Å². The number of carboxylic acids is 2. The molecule has 0 bridgehead atoms. The van der Waals surface area contributed by atoms with Crippen LogP contribution < -0.4 is 5.01 Å². The molecule has 252 valence electrons. The minimum Gasteiger partial charge on any atom is -0.493 e. The number of amides is 1. The van der Waals surface area contributed by atoms with Crippen molar-refractivity contribution in [2.75, 3.05) is 5.01 Å². The van der Waals surface area contributed by atoms with Crippen LogP contribution in [0, 0.1) is 6.92 Å². The molecule has 0 saturated carbocycles. The number of aliphatic carboxylic acids is 1. The summed E-state index contributed by atoms with van der Waals surface area (Å²) < 4.78 is 71.2. The second-order valence-electron chi connectivity index (χ2n) is 9.25. The first kappa shape index (κ1) is 35.7. The summed E-state index contributed by atoms with van der Waals surface area (Å²) in [4.78, 5) is 35.6. The van der Waals surface area contributed by atoms with E-state index in [-0.39, 0.29) is 16.1 Å². The molecular formula is C26H20N4O15S3. The van der Waals surface area contributed by atoms with Crippen LogP contribution in [0.3, 0.4) is 0 Å². The molecule has 2 heterocycles. The highest BCUT2D eigenvalue weighted by Gasteiger charge is 2.37. The third-order valence-electron chi connectivity index (χ3n) is 6.23. The number of anilines is 1. The Labute approximate surface area is 273 Å². The fraction of sp³-hybridized carbons (Fsp3) is 0.0385. The lowest BCUT2D eigenvalue weighted by Crippen LogP contribution is -2.24. The molecule has 0 fully saturated rings. The van der Waals surface area contributed by atoms with Gasteiger partial charge in [0.2, 0.25) is 5.88 Å². The molecular weight excluding hydrogens is 705 g/mol. The lowest BCUT2D eigenvalue weighted by atomic mass is 10.1. The van der Waals surface area contributed by atoms with Gasteiger partial charge in [-0.25, -0.2) is 14.8 Å². The molecule has 1 aliphatic heterocycles. The highest BCUT2D eigenvalue weighted by atomic mass is 32.2. The predicted octanol–water partition coefficient (Wildman–Crippen LogP) is 2.49. The molecule has 0 spiro atoms. The van der Waals surface area contributed by atoms with Gasteiger partial charge in [-0.3, -0.25) is 13.9 Å². The van der Waals surface area contributed by atoms with Crippen molar-refractivity contribution >= 4 is 67.6 Å². The van der Waals surface area contributed by atoms with Crippen LogP contribution in [-0.4, -0.2) is 79.9 Å². The van der Waals surface area contributed by atoms with E-state index in [0.717, 1.165) is 53.2 Å². The van der Waals surface area contributed by atoms with Crippen LogP contribution in [0.1, 0.15) is 21.6 Å². The van der Waals surface area contributed by atoms with Crippen LogP contribution in [0.15, 0.2) is 86.1 Å². The van der Waals surface area contributed by atoms with Crippen molar-refractivity contribution in [3.05, 3.63) is 83.1 Å². The lowest BCUT2D eigenvalue weighted by Gasteiger charge is -2.15. The molecule has 6 N–H and O–H groups in total. The Kier molecular flexibility index (Phi) is 10.3. The number of aromatic hydroxyl groups is 1. The summed E-state index contributed by atoms with van der Waals surface area (Å²) in [5.74, 6) is -5.12. The second-order valence-corrected chi connectivity index (χ2v) is 12.8. The smallest absolute Gasteiger partial charge is 0.357 e. The molecule has 0 atom stereocenters. The van der Waals surface area contributed by atoms with Crippen molar-refractivity contribution in [3.63, 3.8) is 0 Å². The molecule has 0 unspecified atom stereocenters. The number of aryl methyl sites for hydroxylation is 1. The van der Waals surface area contributed by atoms with E-state index in [2.05, 4.69) is 19.6 Å². The Morgan fingerprint density at radius 1 is 0.938 bits per heavy atom. The molecule has 0 aliphatic carbocycles. The van der Waals surface area contributed by atoms with Crippen molar-refractivity contribution < 1.29 is 70.3 Å². The average molecular weight is 725 g/mol. The molecule has 4 rings (SSSR count). The Bertz CT molecular complexity index is 2190. The van der Waals surface area contributed by atoms with E-state index in [1.165, 1.54) is 25.1 Å². The maximum Gasteiger partial charge on any atom is 0.357 e. The number of rotatable bonds is 12. The van der Waals surface area contributed by atoms with Gasteiger partial charge in [-0.1, -0.05) is 29.3 Å². The number of carbonyl (C=O) groups excluding carboxylic acids is 1. The number of hydrogen-bond donors (Lipinski definition) is 6. The van der Waals surface area contributed by atoms with Crippen molar-refractivity contribution in [3.8, 4) is 11.6 Å². The maximum atomic E-state index is 13.2. The van der Waals surface area contributed by atoms with Gasteiger partial charge in [0.1, 0.15) is 4.90 Å². The summed E-state index contributed by atoms with van der Waals surface area (Å²) >= 11 is 0.366. The Hall–Kier alpha value is -5.20. The minimum absolute atomic E-state index is 0.0300. The van der Waals surface area contributed by atoms with Crippen LogP contribution in [0.25, 0.3) is 11.8 Å². The van der Waals surface area contributed by atoms with E-state index < -0.39 is 76.4 Å². The molecule has 2 aromatic carbocycles. The SMILES string of the molecule is Cc1ccc(S(=O)(=O)O)cc1-n1nc(C(=O)O)c(C=CC=CC=C2C(=O)N(c3cc(SOOO)ccc3S(=O)(=O)O)N=C2C(=O)O)c1O. The number of carboxylic acid groups (broad SMARTS) is 2. The zero-order valence-electron chi connectivity index (χ0n) is 23.7. The van der Waals surface area contributed by atoms with Gasteiger partial charge in [-0.05, 0) is 55.0 Å². The van der Waals surface area contributed by atoms with E-state index in [9.17, 15) is 55.6 Å². The topological polar surface area (TPSA) is 293 Å². The summed E-state index contributed by atoms with van der Waals surface area (Å²) in [5.41, 5.74) is -2.64. The number of carbonyl (C=O) groups is 3. The number of benzene rings is 2. The van der Waals surface area contributed by atoms with E-state index in [4.69, 9.17) is 5.26 Å². The Morgan fingerprint density at radius 3 is 2.25 bits per heavy atom. The van der Waals surface area contributed by atoms with Crippen molar-refractivity contribution in [2.45, 2.75) is 21.6 Å². The third-order valence-corrected chi connectivity index (χ3v) is 8.56. The second kappa shape index (κ2) is 13.9. The number of hydrazone groups is 1. The molecule has 0 saturated heterocycles. The molecule has 3 aromatic rings. The molecule has 22 heteroatoms. The van der Waals surface area contributed by atoms with Gasteiger partial charge >= 0.3 is 11.9 Å². The summed E-state index contributed by atoms with van der Waals surface area (Å²) in [6, 6.07) is 6.30. The van der Waals surface area contributed by atoms with Gasteiger partial charge < -0.3 is 15.3 Å². The fourth-order valence-electron chi connectivity index (χ4n) is 4.12. The van der Waals surface area contributed by atoms with Gasteiger partial charge in [0, 0.05) is 4.90 Å². The number of hydrogen-bond acceptors (Lipinski definition) is 14. The summed E-state index contributed by atoms with van der Waals surface area (Å²) in [7, 11) is -9.62. The van der Waals surface area contributed by atoms with Gasteiger partial charge in [0.15, 0.2) is 11.4 Å². The van der Waals surface area contributed by atoms with Crippen molar-refractivity contribution in [1.29, 1.82) is 0 Å². The summed E-state index contributed by atoms with van der Waals surface area (Å²) in [6.45, 7) is 1.51. The number of aromatic carboxylic acids is 1. The monoisotopic (exact) mass is 724 g/mol. The first-order valence-electron chi connectivity index (χ1n) is 12.6. The molecule has 19 nitrogen and oxygen atoms in total. The molecule has 1 aliphatic rings. The van der Waals surface area contributed by atoms with Crippen LogP contribution in [-0.2, 0) is 39.2 Å². The average Bonchev–Trinajstić information content (AvgIpc) is 3.51. The van der Waals surface area contributed by atoms with Gasteiger partial charge in [-0.15, -0.1) is 4.33 Å². The normalized spacial score (nSPS) is 14.8. The van der Waals surface area contributed by atoms with Gasteiger partial charge in [0.25, 0.3) is 26.1 Å². The van der Waals surface area contributed by atoms with E-state index in [1.54, 1.807) is 0 Å². The Morgan fingerprint density at radius 2 is 1.65 bits per heavy atom. The van der Waals surface area contributed by atoms with Crippen LogP contribution in [0.4, 0.5) is 5.69 Å². The molecule has 1 amide bonds. The number of aromatic nitrogens is 2. The maximum absolute atomic E-state index is 13.2. The summed E-state index contributed by atoms with van der Waals surface area (Å²) in [6.07, 6.45) is 5.59. The highest BCUT2D eigenvalue weighted by Crippen LogP contribution is 2.35. The lowest BCUT2D eigenvalue weighted by molar-refractivity contribution is -0.432. The quantitative estimate of drug-likeness (QED) is 0.0390. The third kappa shape index (κ3) is 7.50. The number of nitrogens with zero attached hydrogens (tertiary/aromatic N) is 4. The number of allylic oxidation sites excluding steroid dienone is 4. The zero-order valence-corrected chi connectivity index (χ0v) is 26.2. The first-order chi connectivity index (χ1) is 22.4. The molecule has 48 heavy (non-hydrogen) atoms. The van der Waals surface area contributed by atoms with E-state index in [1.807, 2.05) is 0 Å². The van der Waals surface area contributed by atoms with Gasteiger partial charge in [0.05, 0.1) is 39.4 Å². The summed E-state index contributed by atoms with van der Waals surface area (Å²) in [5, 5.41) is 49.8. The highest BCUT2D eigenvalue weighted by molar-refractivity contribution is 7.94. The van der Waals surface area contributed by atoms with Crippen LogP contribution in [0.2, 0.25) is 0 Å². The molecule has 0 radical (unpaired) electrons. The van der Waals surface area contributed by atoms with Gasteiger partial charge in [-0.2, -0.15) is 36.7 Å². The Balaban J connectivity index is 1.68. The van der Waals surface area contributed by atoms with Crippen molar-refractivity contribution in [1.82, 2.24) is 9.78 Å². The van der Waals surface area contributed by atoms with E-state index in [0.29, 0.717) is 22.6 Å². The minimum atomic E-state index is -4.97. The largest absolute Gasteiger partial charge is 0.493 e. The zero-order chi connectivity index (χ0) is 35.6. The van der Waals surface area contributed by atoms with E-state index >= 15 is 0 Å². The molecule has 1 aromatic heterocycles.